The second-order valence-corrected chi connectivity index (χ2v) is 7.97. The molecule has 1 aliphatic heterocycles. The Labute approximate surface area is 180 Å². The predicted octanol–water partition coefficient (Wildman–Crippen LogP) is 2.97. The van der Waals surface area contributed by atoms with Crippen LogP contribution in [0.3, 0.4) is 0 Å². The minimum Gasteiger partial charge on any atom is -0.343 e. The Morgan fingerprint density at radius 2 is 1.81 bits per heavy atom. The second kappa shape index (κ2) is 9.12. The number of anilines is 1. The van der Waals surface area contributed by atoms with Gasteiger partial charge >= 0.3 is 0 Å². The van der Waals surface area contributed by atoms with Gasteiger partial charge < -0.3 is 10.2 Å². The fraction of sp³-hybridized carbons (Fsp3) is 0.333. The van der Waals surface area contributed by atoms with E-state index < -0.39 is 0 Å². The maximum Gasteiger partial charge on any atom is 0.261 e. The zero-order valence-electron chi connectivity index (χ0n) is 17.6. The maximum absolute atomic E-state index is 12.7. The van der Waals surface area contributed by atoms with Gasteiger partial charge in [-0.2, -0.15) is 0 Å². The van der Waals surface area contributed by atoms with Crippen LogP contribution in [0.1, 0.15) is 24.8 Å². The summed E-state index contributed by atoms with van der Waals surface area (Å²) in [6.45, 7) is 3.32. The third-order valence-electron chi connectivity index (χ3n) is 5.88. The minimum atomic E-state index is -0.127. The van der Waals surface area contributed by atoms with Gasteiger partial charge in [-0.1, -0.05) is 30.3 Å². The number of aromatic nitrogens is 2. The first-order valence-electron chi connectivity index (χ1n) is 10.6. The maximum atomic E-state index is 12.7. The Morgan fingerprint density at radius 1 is 1.06 bits per heavy atom. The number of nitrogens with one attached hydrogen (secondary N) is 1. The van der Waals surface area contributed by atoms with Crippen LogP contribution in [0.15, 0.2) is 59.7 Å². The van der Waals surface area contributed by atoms with Crippen LogP contribution in [0.4, 0.5) is 5.69 Å². The van der Waals surface area contributed by atoms with Gasteiger partial charge in [0.05, 0.1) is 17.2 Å². The summed E-state index contributed by atoms with van der Waals surface area (Å²) in [6.07, 6.45) is 3.03. The SMILES string of the molecule is Cc1cccc2c(=O)n(CCC(=O)N3CCC(C(=O)Nc4ccccc4)CC3)cnc12. The van der Waals surface area contributed by atoms with E-state index in [1.165, 1.54) is 10.9 Å². The molecule has 0 unspecified atom stereocenters. The summed E-state index contributed by atoms with van der Waals surface area (Å²) < 4.78 is 1.50. The molecule has 7 heteroatoms. The van der Waals surface area contributed by atoms with Crippen LogP contribution in [0.5, 0.6) is 0 Å². The first-order chi connectivity index (χ1) is 15.0. The second-order valence-electron chi connectivity index (χ2n) is 7.97. The van der Waals surface area contributed by atoms with E-state index in [2.05, 4.69) is 10.3 Å². The Hall–Kier alpha value is -3.48. The number of fused-ring (bicyclic) bond motifs is 1. The molecule has 4 rings (SSSR count). The number of amides is 2. The number of rotatable bonds is 5. The topological polar surface area (TPSA) is 84.3 Å². The Morgan fingerprint density at radius 3 is 2.55 bits per heavy atom. The highest BCUT2D eigenvalue weighted by atomic mass is 16.2. The van der Waals surface area contributed by atoms with Crippen molar-refractivity contribution in [2.24, 2.45) is 5.92 Å². The quantitative estimate of drug-likeness (QED) is 0.690. The van der Waals surface area contributed by atoms with E-state index in [4.69, 9.17) is 0 Å². The van der Waals surface area contributed by atoms with Crippen molar-refractivity contribution in [2.45, 2.75) is 32.7 Å². The normalized spacial score (nSPS) is 14.5. The van der Waals surface area contributed by atoms with E-state index in [0.717, 1.165) is 11.3 Å². The Balaban J connectivity index is 1.30. The Kier molecular flexibility index (Phi) is 6.11. The van der Waals surface area contributed by atoms with Gasteiger partial charge in [0.2, 0.25) is 11.8 Å². The molecule has 160 valence electrons. The van der Waals surface area contributed by atoms with Gasteiger partial charge in [-0.25, -0.2) is 4.98 Å². The van der Waals surface area contributed by atoms with Crippen molar-refractivity contribution in [1.29, 1.82) is 0 Å². The summed E-state index contributed by atoms with van der Waals surface area (Å²) in [6, 6.07) is 14.9. The van der Waals surface area contributed by atoms with Gasteiger partial charge in [0.25, 0.3) is 5.56 Å². The lowest BCUT2D eigenvalue weighted by molar-refractivity contribution is -0.134. The molecule has 2 amide bonds. The molecule has 1 aromatic heterocycles. The lowest BCUT2D eigenvalue weighted by Crippen LogP contribution is -2.42. The summed E-state index contributed by atoms with van der Waals surface area (Å²) in [5.74, 6) is -0.0969. The summed E-state index contributed by atoms with van der Waals surface area (Å²) >= 11 is 0. The molecule has 0 saturated carbocycles. The number of hydrogen-bond donors (Lipinski definition) is 1. The molecule has 0 atom stereocenters. The van der Waals surface area contributed by atoms with Crippen LogP contribution in [-0.2, 0) is 16.1 Å². The molecule has 0 spiro atoms. The van der Waals surface area contributed by atoms with Crippen LogP contribution in [0, 0.1) is 12.8 Å². The summed E-state index contributed by atoms with van der Waals surface area (Å²) in [7, 11) is 0. The molecule has 2 heterocycles. The van der Waals surface area contributed by atoms with Crippen LogP contribution in [-0.4, -0.2) is 39.4 Å². The zero-order chi connectivity index (χ0) is 21.8. The molecular formula is C24H26N4O3. The molecule has 1 saturated heterocycles. The van der Waals surface area contributed by atoms with E-state index in [9.17, 15) is 14.4 Å². The number of para-hydroxylation sites is 2. The number of nitrogens with zero attached hydrogens (tertiary/aromatic N) is 3. The smallest absolute Gasteiger partial charge is 0.261 e. The van der Waals surface area contributed by atoms with E-state index >= 15 is 0 Å². The lowest BCUT2D eigenvalue weighted by Gasteiger charge is -2.31. The van der Waals surface area contributed by atoms with Crippen molar-refractivity contribution in [3.8, 4) is 0 Å². The van der Waals surface area contributed by atoms with Crippen LogP contribution in [0.2, 0.25) is 0 Å². The molecule has 0 aliphatic carbocycles. The minimum absolute atomic E-state index is 0.00171. The van der Waals surface area contributed by atoms with Crippen LogP contribution < -0.4 is 10.9 Å². The molecule has 1 fully saturated rings. The van der Waals surface area contributed by atoms with Gasteiger partial charge in [0.1, 0.15) is 0 Å². The number of carbonyl (C=O) groups is 2. The number of carbonyl (C=O) groups excluding carboxylic acids is 2. The van der Waals surface area contributed by atoms with Gasteiger partial charge in [-0.05, 0) is 43.5 Å². The number of likely N-dealkylation sites (tertiary alicyclic amines) is 1. The van der Waals surface area contributed by atoms with Gasteiger partial charge in [0, 0.05) is 37.7 Å². The first kappa shape index (κ1) is 20.8. The van der Waals surface area contributed by atoms with Crippen LogP contribution in [0.25, 0.3) is 10.9 Å². The highest BCUT2D eigenvalue weighted by Crippen LogP contribution is 2.20. The predicted molar refractivity (Wildman–Crippen MR) is 120 cm³/mol. The molecule has 1 aliphatic rings. The van der Waals surface area contributed by atoms with Gasteiger partial charge in [-0.15, -0.1) is 0 Å². The van der Waals surface area contributed by atoms with E-state index in [-0.39, 0.29) is 29.7 Å². The third-order valence-corrected chi connectivity index (χ3v) is 5.88. The van der Waals surface area contributed by atoms with Crippen molar-refractivity contribution in [2.75, 3.05) is 18.4 Å². The fourth-order valence-corrected chi connectivity index (χ4v) is 4.03. The van der Waals surface area contributed by atoms with Gasteiger partial charge in [0.15, 0.2) is 0 Å². The molecule has 1 N–H and O–H groups in total. The van der Waals surface area contributed by atoms with Crippen molar-refractivity contribution in [1.82, 2.24) is 14.5 Å². The highest BCUT2D eigenvalue weighted by molar-refractivity contribution is 5.92. The number of aryl methyl sites for hydroxylation is 2. The number of hydrogen-bond acceptors (Lipinski definition) is 4. The van der Waals surface area contributed by atoms with Crippen molar-refractivity contribution >= 4 is 28.4 Å². The van der Waals surface area contributed by atoms with Crippen molar-refractivity contribution < 1.29 is 9.59 Å². The molecule has 2 aromatic carbocycles. The average Bonchev–Trinajstić information content (AvgIpc) is 2.80. The van der Waals surface area contributed by atoms with Gasteiger partial charge in [-0.3, -0.25) is 19.0 Å². The monoisotopic (exact) mass is 418 g/mol. The summed E-state index contributed by atoms with van der Waals surface area (Å²) in [5.41, 5.74) is 2.32. The average molecular weight is 418 g/mol. The third kappa shape index (κ3) is 4.66. The highest BCUT2D eigenvalue weighted by Gasteiger charge is 2.27. The largest absolute Gasteiger partial charge is 0.343 e. The molecule has 0 radical (unpaired) electrons. The van der Waals surface area contributed by atoms with Crippen LogP contribution >= 0.6 is 0 Å². The number of piperidine rings is 1. The fourth-order valence-electron chi connectivity index (χ4n) is 4.03. The first-order valence-corrected chi connectivity index (χ1v) is 10.6. The molecular weight excluding hydrogens is 392 g/mol. The van der Waals surface area contributed by atoms with Crippen molar-refractivity contribution in [3.05, 3.63) is 70.8 Å². The summed E-state index contributed by atoms with van der Waals surface area (Å²) in [4.78, 5) is 44.0. The zero-order valence-corrected chi connectivity index (χ0v) is 17.6. The van der Waals surface area contributed by atoms with E-state index in [1.54, 1.807) is 11.0 Å². The molecule has 31 heavy (non-hydrogen) atoms. The molecule has 7 nitrogen and oxygen atoms in total. The Bertz CT molecular complexity index is 1150. The molecule has 3 aromatic rings. The number of benzene rings is 2. The standard InChI is InChI=1S/C24H26N4O3/c1-17-6-5-9-20-22(17)25-16-28(24(20)31)15-12-21(29)27-13-10-18(11-14-27)23(30)26-19-7-3-2-4-8-19/h2-9,16,18H,10-15H2,1H3,(H,26,30). The van der Waals surface area contributed by atoms with Crippen molar-refractivity contribution in [3.63, 3.8) is 0 Å². The van der Waals surface area contributed by atoms with E-state index in [1.807, 2.05) is 49.4 Å². The summed E-state index contributed by atoms with van der Waals surface area (Å²) in [5, 5.41) is 3.51. The lowest BCUT2D eigenvalue weighted by atomic mass is 9.95. The molecule has 0 bridgehead atoms. The van der Waals surface area contributed by atoms with E-state index in [0.29, 0.717) is 43.4 Å².